The number of aromatic nitrogens is 2. The Kier molecular flexibility index (Phi) is 6.83. The molecule has 1 aliphatic heterocycles. The van der Waals surface area contributed by atoms with E-state index in [1.807, 2.05) is 24.3 Å². The van der Waals surface area contributed by atoms with Gasteiger partial charge in [-0.25, -0.2) is 13.1 Å². The van der Waals surface area contributed by atoms with Gasteiger partial charge in [0.05, 0.1) is 0 Å². The van der Waals surface area contributed by atoms with Crippen molar-refractivity contribution in [3.05, 3.63) is 65.7 Å². The quantitative estimate of drug-likeness (QED) is 0.511. The molecule has 0 unspecified atom stereocenters. The molecule has 2 heterocycles. The summed E-state index contributed by atoms with van der Waals surface area (Å²) in [5.74, 6) is 0.311. The van der Waals surface area contributed by atoms with Crippen LogP contribution in [0.4, 0.5) is 10.8 Å². The number of carbonyl (C=O) groups excluding carboxylic acids is 1. The van der Waals surface area contributed by atoms with Crippen LogP contribution in [0.25, 0.3) is 0 Å². The number of piperidine rings is 1. The lowest BCUT2D eigenvalue weighted by Crippen LogP contribution is -2.34. The molecule has 1 saturated heterocycles. The van der Waals surface area contributed by atoms with Gasteiger partial charge in [0.15, 0.2) is 0 Å². The summed E-state index contributed by atoms with van der Waals surface area (Å²) in [5.41, 5.74) is 2.46. The SMILES string of the molecule is C[C@@H]1CCCN(c2ccc(CNS(=O)(=O)c3nnc(NC(=O)c4ccccc4)s3)cc2)C1. The Morgan fingerprint density at radius 3 is 2.59 bits per heavy atom. The Balaban J connectivity index is 1.35. The zero-order chi connectivity index (χ0) is 22.6. The molecule has 0 bridgehead atoms. The van der Waals surface area contributed by atoms with Crippen molar-refractivity contribution in [2.24, 2.45) is 5.92 Å². The number of carbonyl (C=O) groups is 1. The van der Waals surface area contributed by atoms with Crippen molar-refractivity contribution in [2.45, 2.75) is 30.6 Å². The lowest BCUT2D eigenvalue weighted by atomic mass is 9.99. The van der Waals surface area contributed by atoms with E-state index in [2.05, 4.69) is 32.1 Å². The van der Waals surface area contributed by atoms with E-state index in [-0.39, 0.29) is 21.9 Å². The second-order valence-corrected chi connectivity index (χ2v) is 10.8. The van der Waals surface area contributed by atoms with Crippen LogP contribution in [0, 0.1) is 5.92 Å². The van der Waals surface area contributed by atoms with Gasteiger partial charge >= 0.3 is 0 Å². The van der Waals surface area contributed by atoms with Gasteiger partial charge in [-0.3, -0.25) is 10.1 Å². The molecule has 1 fully saturated rings. The van der Waals surface area contributed by atoms with E-state index in [9.17, 15) is 13.2 Å². The summed E-state index contributed by atoms with van der Waals surface area (Å²) in [6.07, 6.45) is 2.46. The maximum absolute atomic E-state index is 12.6. The van der Waals surface area contributed by atoms with Crippen LogP contribution in [0.2, 0.25) is 0 Å². The van der Waals surface area contributed by atoms with Gasteiger partial charge in [-0.1, -0.05) is 48.6 Å². The molecule has 10 heteroatoms. The van der Waals surface area contributed by atoms with Crippen LogP contribution < -0.4 is 14.9 Å². The first-order valence-corrected chi connectivity index (χ1v) is 12.7. The van der Waals surface area contributed by atoms with E-state index in [1.165, 1.54) is 12.8 Å². The summed E-state index contributed by atoms with van der Waals surface area (Å²) in [6, 6.07) is 16.5. The maximum atomic E-state index is 12.6. The summed E-state index contributed by atoms with van der Waals surface area (Å²) in [7, 11) is -3.84. The second kappa shape index (κ2) is 9.76. The monoisotopic (exact) mass is 471 g/mol. The minimum atomic E-state index is -3.84. The topological polar surface area (TPSA) is 104 Å². The van der Waals surface area contributed by atoms with Crippen LogP contribution in [-0.2, 0) is 16.6 Å². The van der Waals surface area contributed by atoms with Gasteiger partial charge in [-0.05, 0) is 48.6 Å². The zero-order valence-electron chi connectivity index (χ0n) is 17.7. The first-order valence-electron chi connectivity index (χ1n) is 10.4. The number of hydrogen-bond acceptors (Lipinski definition) is 7. The van der Waals surface area contributed by atoms with Crippen LogP contribution in [0.5, 0.6) is 0 Å². The highest BCUT2D eigenvalue weighted by Crippen LogP contribution is 2.24. The standard InChI is InChI=1S/C22H25N5O3S2/c1-16-6-5-13-27(15-16)19-11-9-17(10-12-19)14-23-32(29,30)22-26-25-21(31-22)24-20(28)18-7-3-2-4-8-18/h2-4,7-12,16,23H,5-6,13-15H2,1H3,(H,24,25,28)/t16-/m1/s1. The summed E-state index contributed by atoms with van der Waals surface area (Å²) < 4.78 is 27.6. The first kappa shape index (κ1) is 22.4. The fraction of sp³-hybridized carbons (Fsp3) is 0.318. The predicted molar refractivity (Wildman–Crippen MR) is 125 cm³/mol. The molecule has 0 aliphatic carbocycles. The maximum Gasteiger partial charge on any atom is 0.270 e. The number of rotatable bonds is 7. The van der Waals surface area contributed by atoms with Crippen molar-refractivity contribution in [3.8, 4) is 0 Å². The van der Waals surface area contributed by atoms with Crippen molar-refractivity contribution >= 4 is 38.1 Å². The normalized spacial score (nSPS) is 16.7. The molecule has 0 spiro atoms. The van der Waals surface area contributed by atoms with Gasteiger partial charge in [-0.15, -0.1) is 10.2 Å². The Hall–Kier alpha value is -2.82. The third-order valence-corrected chi connectivity index (χ3v) is 7.92. The van der Waals surface area contributed by atoms with E-state index < -0.39 is 10.0 Å². The minimum Gasteiger partial charge on any atom is -0.371 e. The van der Waals surface area contributed by atoms with Gasteiger partial charge in [0.1, 0.15) is 0 Å². The number of nitrogens with zero attached hydrogens (tertiary/aromatic N) is 3. The van der Waals surface area contributed by atoms with Crippen LogP contribution in [-0.4, -0.2) is 37.6 Å². The van der Waals surface area contributed by atoms with E-state index in [1.54, 1.807) is 30.3 Å². The minimum absolute atomic E-state index is 0.124. The average molecular weight is 472 g/mol. The molecular formula is C22H25N5O3S2. The Morgan fingerprint density at radius 2 is 1.88 bits per heavy atom. The molecule has 32 heavy (non-hydrogen) atoms. The predicted octanol–water partition coefficient (Wildman–Crippen LogP) is 3.51. The van der Waals surface area contributed by atoms with Crippen molar-refractivity contribution in [1.29, 1.82) is 0 Å². The Labute approximate surface area is 191 Å². The number of amides is 1. The lowest BCUT2D eigenvalue weighted by Gasteiger charge is -2.32. The molecule has 2 aromatic carbocycles. The van der Waals surface area contributed by atoms with Gasteiger partial charge in [0.2, 0.25) is 9.47 Å². The van der Waals surface area contributed by atoms with Crippen molar-refractivity contribution in [2.75, 3.05) is 23.3 Å². The highest BCUT2D eigenvalue weighted by molar-refractivity contribution is 7.91. The molecule has 168 valence electrons. The van der Waals surface area contributed by atoms with E-state index >= 15 is 0 Å². The molecule has 0 radical (unpaired) electrons. The van der Waals surface area contributed by atoms with E-state index in [0.29, 0.717) is 11.5 Å². The summed E-state index contributed by atoms with van der Waals surface area (Å²) in [4.78, 5) is 14.6. The number of benzene rings is 2. The van der Waals surface area contributed by atoms with Gasteiger partial charge in [0.25, 0.3) is 15.9 Å². The van der Waals surface area contributed by atoms with Crippen molar-refractivity contribution < 1.29 is 13.2 Å². The average Bonchev–Trinajstić information content (AvgIpc) is 3.28. The smallest absolute Gasteiger partial charge is 0.270 e. The molecule has 0 saturated carbocycles. The molecule has 1 atom stereocenters. The number of nitrogens with one attached hydrogen (secondary N) is 2. The Morgan fingerprint density at radius 1 is 1.12 bits per heavy atom. The molecule has 8 nitrogen and oxygen atoms in total. The highest BCUT2D eigenvalue weighted by atomic mass is 32.2. The largest absolute Gasteiger partial charge is 0.371 e. The molecule has 1 aliphatic rings. The van der Waals surface area contributed by atoms with Gasteiger partial charge < -0.3 is 4.90 Å². The number of hydrogen-bond donors (Lipinski definition) is 2. The van der Waals surface area contributed by atoms with Crippen LogP contribution >= 0.6 is 11.3 Å². The molecule has 3 aromatic rings. The number of sulfonamides is 1. The summed E-state index contributed by atoms with van der Waals surface area (Å²) >= 11 is 0.808. The lowest BCUT2D eigenvalue weighted by molar-refractivity contribution is 0.102. The highest BCUT2D eigenvalue weighted by Gasteiger charge is 2.21. The van der Waals surface area contributed by atoms with E-state index in [0.717, 1.165) is 35.7 Å². The van der Waals surface area contributed by atoms with E-state index in [4.69, 9.17) is 0 Å². The van der Waals surface area contributed by atoms with Crippen LogP contribution in [0.15, 0.2) is 58.9 Å². The number of anilines is 2. The van der Waals surface area contributed by atoms with Crippen LogP contribution in [0.3, 0.4) is 0 Å². The van der Waals surface area contributed by atoms with Crippen molar-refractivity contribution in [3.63, 3.8) is 0 Å². The van der Waals surface area contributed by atoms with Crippen LogP contribution in [0.1, 0.15) is 35.7 Å². The fourth-order valence-electron chi connectivity index (χ4n) is 3.62. The zero-order valence-corrected chi connectivity index (χ0v) is 19.3. The molecular weight excluding hydrogens is 446 g/mol. The second-order valence-electron chi connectivity index (χ2n) is 7.88. The first-order chi connectivity index (χ1) is 15.4. The fourth-order valence-corrected chi connectivity index (χ4v) is 5.57. The molecule has 1 aromatic heterocycles. The molecule has 1 amide bonds. The third-order valence-electron chi connectivity index (χ3n) is 5.32. The third kappa shape index (κ3) is 5.50. The molecule has 2 N–H and O–H groups in total. The van der Waals surface area contributed by atoms with Crippen molar-refractivity contribution in [1.82, 2.24) is 14.9 Å². The molecule has 4 rings (SSSR count). The Bertz CT molecular complexity index is 1160. The summed E-state index contributed by atoms with van der Waals surface area (Å²) in [5, 5.41) is 10.2. The van der Waals surface area contributed by atoms with Gasteiger partial charge in [-0.2, -0.15) is 0 Å². The van der Waals surface area contributed by atoms with Gasteiger partial charge in [0, 0.05) is 30.9 Å². The summed E-state index contributed by atoms with van der Waals surface area (Å²) in [6.45, 7) is 4.51.